The fourth-order valence-corrected chi connectivity index (χ4v) is 3.17. The Balaban J connectivity index is 1.59. The van der Waals surface area contributed by atoms with Gasteiger partial charge in [-0.25, -0.2) is 4.98 Å². The van der Waals surface area contributed by atoms with Crippen molar-refractivity contribution < 1.29 is 9.59 Å². The smallest absolute Gasteiger partial charge is 0.272 e. The van der Waals surface area contributed by atoms with Gasteiger partial charge in [0.2, 0.25) is 0 Å². The molecule has 1 aliphatic rings. The van der Waals surface area contributed by atoms with E-state index < -0.39 is 0 Å². The topological polar surface area (TPSA) is 62.3 Å². The molecule has 0 bridgehead atoms. The molecule has 1 saturated heterocycles. The summed E-state index contributed by atoms with van der Waals surface area (Å²) in [7, 11) is 0. The summed E-state index contributed by atoms with van der Waals surface area (Å²) in [6.45, 7) is 2.08. The Hall–Kier alpha value is -2.69. The largest absolute Gasteiger partial charge is 0.350 e. The summed E-state index contributed by atoms with van der Waals surface area (Å²) in [6, 6.07) is 15.1. The number of carbonyl (C=O) groups is 2. The van der Waals surface area contributed by atoms with Gasteiger partial charge in [0.15, 0.2) is 0 Å². The molecule has 1 aliphatic heterocycles. The molecular formula is C21H25N3O2. The standard InChI is InChI=1S/C21H25N3O2/c25-20(22-14-13-17-9-4-3-5-10-17)18-11-8-12-19(23-18)21(26)24-15-6-1-2-7-16-24/h3-5,8-12H,1-2,6-7,13-16H2,(H,22,25). The Morgan fingerprint density at radius 1 is 0.885 bits per heavy atom. The minimum absolute atomic E-state index is 0.0779. The lowest BCUT2D eigenvalue weighted by Gasteiger charge is -2.19. The second-order valence-electron chi connectivity index (χ2n) is 6.61. The molecule has 3 rings (SSSR count). The van der Waals surface area contributed by atoms with Crippen LogP contribution in [0, 0.1) is 0 Å². The number of amides is 2. The van der Waals surface area contributed by atoms with Crippen LogP contribution in [0.5, 0.6) is 0 Å². The number of carbonyl (C=O) groups excluding carboxylic acids is 2. The summed E-state index contributed by atoms with van der Waals surface area (Å²) in [6.07, 6.45) is 5.16. The highest BCUT2D eigenvalue weighted by Crippen LogP contribution is 2.13. The minimum atomic E-state index is -0.244. The molecule has 136 valence electrons. The van der Waals surface area contributed by atoms with E-state index in [0.29, 0.717) is 17.9 Å². The van der Waals surface area contributed by atoms with Gasteiger partial charge < -0.3 is 10.2 Å². The number of hydrogen-bond acceptors (Lipinski definition) is 3. The molecule has 26 heavy (non-hydrogen) atoms. The molecule has 1 aromatic heterocycles. The van der Waals surface area contributed by atoms with E-state index in [1.165, 1.54) is 18.4 Å². The van der Waals surface area contributed by atoms with Crippen LogP contribution in [0.2, 0.25) is 0 Å². The maximum absolute atomic E-state index is 12.7. The molecule has 1 N–H and O–H groups in total. The van der Waals surface area contributed by atoms with Gasteiger partial charge in [-0.3, -0.25) is 9.59 Å². The van der Waals surface area contributed by atoms with Crippen molar-refractivity contribution in [1.29, 1.82) is 0 Å². The van der Waals surface area contributed by atoms with Crippen molar-refractivity contribution >= 4 is 11.8 Å². The number of pyridine rings is 1. The number of rotatable bonds is 5. The van der Waals surface area contributed by atoms with Gasteiger partial charge in [0.05, 0.1) is 0 Å². The zero-order valence-corrected chi connectivity index (χ0v) is 15.0. The number of aromatic nitrogens is 1. The van der Waals surface area contributed by atoms with E-state index in [1.54, 1.807) is 18.2 Å². The average Bonchev–Trinajstić information content (AvgIpc) is 2.98. The Labute approximate surface area is 154 Å². The van der Waals surface area contributed by atoms with Gasteiger partial charge in [-0.05, 0) is 37.0 Å². The summed E-state index contributed by atoms with van der Waals surface area (Å²) in [4.78, 5) is 31.2. The molecule has 1 aromatic carbocycles. The van der Waals surface area contributed by atoms with Crippen molar-refractivity contribution in [1.82, 2.24) is 15.2 Å². The van der Waals surface area contributed by atoms with Gasteiger partial charge >= 0.3 is 0 Å². The Morgan fingerprint density at radius 3 is 2.31 bits per heavy atom. The van der Waals surface area contributed by atoms with Gasteiger partial charge in [0.25, 0.3) is 11.8 Å². The fourth-order valence-electron chi connectivity index (χ4n) is 3.17. The molecule has 0 aliphatic carbocycles. The summed E-state index contributed by atoms with van der Waals surface area (Å²) in [5.74, 6) is -0.322. The first kappa shape index (κ1) is 18.1. The van der Waals surface area contributed by atoms with E-state index in [4.69, 9.17) is 0 Å². The quantitative estimate of drug-likeness (QED) is 0.900. The molecule has 0 radical (unpaired) electrons. The second kappa shape index (κ2) is 9.13. The van der Waals surface area contributed by atoms with Crippen LogP contribution in [0.15, 0.2) is 48.5 Å². The lowest BCUT2D eigenvalue weighted by atomic mass is 10.1. The van der Waals surface area contributed by atoms with Crippen LogP contribution in [-0.2, 0) is 6.42 Å². The van der Waals surface area contributed by atoms with Crippen LogP contribution >= 0.6 is 0 Å². The molecule has 2 aromatic rings. The van der Waals surface area contributed by atoms with Crippen molar-refractivity contribution in [3.63, 3.8) is 0 Å². The third-order valence-corrected chi connectivity index (χ3v) is 4.64. The van der Waals surface area contributed by atoms with Crippen LogP contribution in [0.4, 0.5) is 0 Å². The molecule has 2 amide bonds. The van der Waals surface area contributed by atoms with Crippen LogP contribution in [0.3, 0.4) is 0 Å². The highest BCUT2D eigenvalue weighted by atomic mass is 16.2. The SMILES string of the molecule is O=C(NCCc1ccccc1)c1cccc(C(=O)N2CCCCCC2)n1. The van der Waals surface area contributed by atoms with Gasteiger partial charge in [-0.15, -0.1) is 0 Å². The van der Waals surface area contributed by atoms with Gasteiger partial charge in [0, 0.05) is 19.6 Å². The summed E-state index contributed by atoms with van der Waals surface area (Å²) in [5, 5.41) is 2.88. The van der Waals surface area contributed by atoms with E-state index in [2.05, 4.69) is 10.3 Å². The van der Waals surface area contributed by atoms with E-state index in [1.807, 2.05) is 35.2 Å². The minimum Gasteiger partial charge on any atom is -0.350 e. The predicted octanol–water partition coefficient (Wildman–Crippen LogP) is 3.07. The molecule has 0 saturated carbocycles. The first-order valence-corrected chi connectivity index (χ1v) is 9.32. The van der Waals surface area contributed by atoms with E-state index in [-0.39, 0.29) is 11.8 Å². The van der Waals surface area contributed by atoms with Crippen molar-refractivity contribution in [3.8, 4) is 0 Å². The summed E-state index contributed by atoms with van der Waals surface area (Å²) in [5.41, 5.74) is 1.81. The first-order valence-electron chi connectivity index (χ1n) is 9.32. The lowest BCUT2D eigenvalue weighted by molar-refractivity contribution is 0.0755. The molecule has 0 unspecified atom stereocenters. The average molecular weight is 351 g/mol. The van der Waals surface area contributed by atoms with Gasteiger partial charge in [0.1, 0.15) is 11.4 Å². The summed E-state index contributed by atoms with van der Waals surface area (Å²) < 4.78 is 0. The van der Waals surface area contributed by atoms with Crippen LogP contribution in [-0.4, -0.2) is 41.3 Å². The van der Waals surface area contributed by atoms with Crippen molar-refractivity contribution in [2.45, 2.75) is 32.1 Å². The molecule has 5 nitrogen and oxygen atoms in total. The number of benzene rings is 1. The molecular weight excluding hydrogens is 326 g/mol. The van der Waals surface area contributed by atoms with Crippen molar-refractivity contribution in [2.24, 2.45) is 0 Å². The van der Waals surface area contributed by atoms with Crippen LogP contribution in [0.25, 0.3) is 0 Å². The van der Waals surface area contributed by atoms with Crippen molar-refractivity contribution in [2.75, 3.05) is 19.6 Å². The Morgan fingerprint density at radius 2 is 1.58 bits per heavy atom. The number of hydrogen-bond donors (Lipinski definition) is 1. The summed E-state index contributed by atoms with van der Waals surface area (Å²) >= 11 is 0. The maximum Gasteiger partial charge on any atom is 0.272 e. The van der Waals surface area contributed by atoms with Crippen molar-refractivity contribution in [3.05, 3.63) is 65.5 Å². The first-order chi connectivity index (χ1) is 12.7. The zero-order chi connectivity index (χ0) is 18.2. The molecule has 0 spiro atoms. The molecule has 2 heterocycles. The highest BCUT2D eigenvalue weighted by molar-refractivity contribution is 5.96. The monoisotopic (exact) mass is 351 g/mol. The number of nitrogens with zero attached hydrogens (tertiary/aromatic N) is 2. The van der Waals surface area contributed by atoms with Crippen LogP contribution in [0.1, 0.15) is 52.2 Å². The predicted molar refractivity (Wildman–Crippen MR) is 101 cm³/mol. The van der Waals surface area contributed by atoms with E-state index >= 15 is 0 Å². The van der Waals surface area contributed by atoms with Gasteiger partial charge in [-0.1, -0.05) is 49.2 Å². The molecule has 0 atom stereocenters. The zero-order valence-electron chi connectivity index (χ0n) is 15.0. The van der Waals surface area contributed by atoms with E-state index in [0.717, 1.165) is 32.4 Å². The third kappa shape index (κ3) is 4.91. The molecule has 5 heteroatoms. The van der Waals surface area contributed by atoms with Gasteiger partial charge in [-0.2, -0.15) is 0 Å². The van der Waals surface area contributed by atoms with Crippen LogP contribution < -0.4 is 5.32 Å². The fraction of sp³-hybridized carbons (Fsp3) is 0.381. The number of likely N-dealkylation sites (tertiary alicyclic amines) is 1. The lowest BCUT2D eigenvalue weighted by Crippen LogP contribution is -2.33. The van der Waals surface area contributed by atoms with E-state index in [9.17, 15) is 9.59 Å². The Bertz CT molecular complexity index is 738. The normalized spacial score (nSPS) is 14.5. The second-order valence-corrected chi connectivity index (χ2v) is 6.61. The third-order valence-electron chi connectivity index (χ3n) is 4.64. The maximum atomic E-state index is 12.7. The number of nitrogens with one attached hydrogen (secondary N) is 1. The Kier molecular flexibility index (Phi) is 6.36. The molecule has 1 fully saturated rings. The highest BCUT2D eigenvalue weighted by Gasteiger charge is 2.19.